The molecule has 0 spiro atoms. The first-order valence-corrected chi connectivity index (χ1v) is 10.6. The van der Waals surface area contributed by atoms with Gasteiger partial charge in [0.25, 0.3) is 5.91 Å². The van der Waals surface area contributed by atoms with Gasteiger partial charge in [-0.15, -0.1) is 22.7 Å². The Balaban J connectivity index is 1.37. The van der Waals surface area contributed by atoms with E-state index in [0.717, 1.165) is 34.0 Å². The van der Waals surface area contributed by atoms with Crippen molar-refractivity contribution in [3.8, 4) is 9.88 Å². The van der Waals surface area contributed by atoms with E-state index in [1.54, 1.807) is 16.7 Å². The fraction of sp³-hybridized carbons (Fsp3) is 0.250. The van der Waals surface area contributed by atoms with Crippen molar-refractivity contribution in [3.63, 3.8) is 0 Å². The number of nitrogens with zero attached hydrogens (tertiary/aromatic N) is 1. The van der Waals surface area contributed by atoms with Gasteiger partial charge in [0.1, 0.15) is 10.7 Å². The first kappa shape index (κ1) is 17.9. The maximum Gasteiger partial charge on any atom is 0.271 e. The van der Waals surface area contributed by atoms with Crippen molar-refractivity contribution < 1.29 is 9.59 Å². The number of nitrogens with one attached hydrogen (secondary N) is 2. The Bertz CT molecular complexity index is 944. The van der Waals surface area contributed by atoms with Gasteiger partial charge in [-0.05, 0) is 48.9 Å². The minimum absolute atomic E-state index is 0.0918. The van der Waals surface area contributed by atoms with Crippen molar-refractivity contribution in [3.05, 3.63) is 58.4 Å². The summed E-state index contributed by atoms with van der Waals surface area (Å²) in [4.78, 5) is 29.8. The first-order chi connectivity index (χ1) is 13.1. The molecule has 1 unspecified atom stereocenters. The van der Waals surface area contributed by atoms with Crippen LogP contribution in [0.25, 0.3) is 9.88 Å². The highest BCUT2D eigenvalue weighted by Gasteiger charge is 2.29. The van der Waals surface area contributed by atoms with Crippen LogP contribution in [0.1, 0.15) is 41.9 Å². The largest absolute Gasteiger partial charge is 0.344 e. The Morgan fingerprint density at radius 2 is 1.93 bits per heavy atom. The quantitative estimate of drug-likeness (QED) is 0.633. The summed E-state index contributed by atoms with van der Waals surface area (Å²) < 4.78 is 0. The molecule has 1 atom stereocenters. The van der Waals surface area contributed by atoms with Crippen molar-refractivity contribution in [1.29, 1.82) is 0 Å². The van der Waals surface area contributed by atoms with Gasteiger partial charge in [0.2, 0.25) is 5.91 Å². The highest BCUT2D eigenvalue weighted by molar-refractivity contribution is 7.20. The van der Waals surface area contributed by atoms with Crippen molar-refractivity contribution in [2.75, 3.05) is 5.32 Å². The number of hydrogen-bond donors (Lipinski definition) is 2. The molecular weight excluding hydrogens is 378 g/mol. The van der Waals surface area contributed by atoms with Gasteiger partial charge in [-0.1, -0.05) is 18.2 Å². The molecule has 27 heavy (non-hydrogen) atoms. The van der Waals surface area contributed by atoms with Crippen LogP contribution in [-0.2, 0) is 4.79 Å². The molecule has 0 radical (unpaired) electrons. The summed E-state index contributed by atoms with van der Waals surface area (Å²) in [5.74, 6) is 0.0851. The average molecular weight is 398 g/mol. The Kier molecular flexibility index (Phi) is 5.05. The molecule has 5 nitrogen and oxygen atoms in total. The first-order valence-electron chi connectivity index (χ1n) is 8.81. The van der Waals surface area contributed by atoms with Crippen molar-refractivity contribution >= 4 is 40.2 Å². The van der Waals surface area contributed by atoms with E-state index in [2.05, 4.69) is 15.6 Å². The molecule has 2 heterocycles. The third kappa shape index (κ3) is 4.26. The van der Waals surface area contributed by atoms with E-state index in [1.807, 2.05) is 48.7 Å². The number of thiazole rings is 1. The highest BCUT2D eigenvalue weighted by Crippen LogP contribution is 2.30. The summed E-state index contributed by atoms with van der Waals surface area (Å²) in [6.45, 7) is 1.93. The second-order valence-electron chi connectivity index (χ2n) is 6.60. The van der Waals surface area contributed by atoms with Gasteiger partial charge < -0.3 is 10.6 Å². The monoisotopic (exact) mass is 397 g/mol. The molecule has 0 saturated heterocycles. The molecule has 2 aromatic heterocycles. The van der Waals surface area contributed by atoms with Crippen molar-refractivity contribution in [2.45, 2.75) is 25.8 Å². The second kappa shape index (κ2) is 7.62. The summed E-state index contributed by atoms with van der Waals surface area (Å²) >= 11 is 3.08. The maximum absolute atomic E-state index is 12.5. The molecule has 1 fully saturated rings. The van der Waals surface area contributed by atoms with Crippen LogP contribution >= 0.6 is 22.7 Å². The van der Waals surface area contributed by atoms with Crippen LogP contribution in [0.5, 0.6) is 0 Å². The fourth-order valence-corrected chi connectivity index (χ4v) is 4.30. The van der Waals surface area contributed by atoms with E-state index < -0.39 is 0 Å². The van der Waals surface area contributed by atoms with E-state index in [4.69, 9.17) is 0 Å². The molecule has 2 amide bonds. The van der Waals surface area contributed by atoms with E-state index in [0.29, 0.717) is 5.69 Å². The number of hydrogen-bond acceptors (Lipinski definition) is 5. The summed E-state index contributed by atoms with van der Waals surface area (Å²) in [5, 5.41) is 10.5. The predicted octanol–water partition coefficient (Wildman–Crippen LogP) is 4.71. The number of benzene rings is 1. The molecule has 1 aliphatic carbocycles. The summed E-state index contributed by atoms with van der Waals surface area (Å²) in [7, 11) is 0. The zero-order valence-corrected chi connectivity index (χ0v) is 16.4. The topological polar surface area (TPSA) is 71.1 Å². The smallest absolute Gasteiger partial charge is 0.271 e. The van der Waals surface area contributed by atoms with E-state index >= 15 is 0 Å². The molecule has 2 N–H and O–H groups in total. The lowest BCUT2D eigenvalue weighted by Crippen LogP contribution is -2.26. The molecule has 138 valence electrons. The van der Waals surface area contributed by atoms with Gasteiger partial charge in [-0.2, -0.15) is 0 Å². The fourth-order valence-electron chi connectivity index (χ4n) is 2.69. The average Bonchev–Trinajstić information content (AvgIpc) is 3.17. The Labute approximate surface area is 165 Å². The van der Waals surface area contributed by atoms with E-state index in [9.17, 15) is 9.59 Å². The highest BCUT2D eigenvalue weighted by atomic mass is 32.1. The lowest BCUT2D eigenvalue weighted by Gasteiger charge is -2.14. The van der Waals surface area contributed by atoms with Crippen molar-refractivity contribution in [2.24, 2.45) is 5.92 Å². The predicted molar refractivity (Wildman–Crippen MR) is 109 cm³/mol. The van der Waals surface area contributed by atoms with E-state index in [1.165, 1.54) is 11.3 Å². The molecule has 7 heteroatoms. The standard InChI is InChI=1S/C20H19N3O2S2/c1-12(13-6-8-15(9-7-13)22-18(24)14-4-5-14)21-19(25)16-11-27-20(23-16)17-3-2-10-26-17/h2-3,6-12,14H,4-5H2,1H3,(H,21,25)(H,22,24). The van der Waals surface area contributed by atoms with Crippen LogP contribution < -0.4 is 10.6 Å². The SMILES string of the molecule is CC(NC(=O)c1csc(-c2cccs2)n1)c1ccc(NC(=O)C2CC2)cc1. The minimum atomic E-state index is -0.187. The van der Waals surface area contributed by atoms with Crippen LogP contribution in [0.15, 0.2) is 47.2 Å². The maximum atomic E-state index is 12.5. The molecule has 3 aromatic rings. The Morgan fingerprint density at radius 1 is 1.15 bits per heavy atom. The van der Waals surface area contributed by atoms with Crippen LogP contribution in [0.3, 0.4) is 0 Å². The Hall–Kier alpha value is -2.51. The molecule has 1 saturated carbocycles. The number of amides is 2. The zero-order valence-electron chi connectivity index (χ0n) is 14.8. The van der Waals surface area contributed by atoms with Gasteiger partial charge in [-0.25, -0.2) is 4.98 Å². The van der Waals surface area contributed by atoms with Crippen LogP contribution in [0.4, 0.5) is 5.69 Å². The summed E-state index contributed by atoms with van der Waals surface area (Å²) in [5.41, 5.74) is 2.19. The van der Waals surface area contributed by atoms with Crippen LogP contribution in [-0.4, -0.2) is 16.8 Å². The molecule has 1 aliphatic rings. The van der Waals surface area contributed by atoms with Crippen LogP contribution in [0, 0.1) is 5.92 Å². The van der Waals surface area contributed by atoms with Gasteiger partial charge in [0.05, 0.1) is 10.9 Å². The van der Waals surface area contributed by atoms with Gasteiger partial charge >= 0.3 is 0 Å². The number of thiophene rings is 1. The van der Waals surface area contributed by atoms with Crippen molar-refractivity contribution in [1.82, 2.24) is 10.3 Å². The number of carbonyl (C=O) groups is 2. The zero-order chi connectivity index (χ0) is 18.8. The normalized spacial score (nSPS) is 14.6. The molecule has 0 bridgehead atoms. The molecule has 4 rings (SSSR count). The second-order valence-corrected chi connectivity index (χ2v) is 8.40. The summed E-state index contributed by atoms with van der Waals surface area (Å²) in [6.07, 6.45) is 1.97. The van der Waals surface area contributed by atoms with Crippen LogP contribution in [0.2, 0.25) is 0 Å². The third-order valence-corrected chi connectivity index (χ3v) is 6.32. The van der Waals surface area contributed by atoms with Gasteiger partial charge in [0.15, 0.2) is 0 Å². The minimum Gasteiger partial charge on any atom is -0.344 e. The Morgan fingerprint density at radius 3 is 2.59 bits per heavy atom. The van der Waals surface area contributed by atoms with Gasteiger partial charge in [0, 0.05) is 17.0 Å². The number of carbonyl (C=O) groups excluding carboxylic acids is 2. The molecule has 1 aromatic carbocycles. The summed E-state index contributed by atoms with van der Waals surface area (Å²) in [6, 6.07) is 11.4. The lowest BCUT2D eigenvalue weighted by atomic mass is 10.1. The number of rotatable bonds is 6. The third-order valence-electron chi connectivity index (χ3n) is 4.44. The number of aromatic nitrogens is 1. The lowest BCUT2D eigenvalue weighted by molar-refractivity contribution is -0.117. The number of anilines is 1. The molecule has 0 aliphatic heterocycles. The molecular formula is C20H19N3O2S2. The van der Waals surface area contributed by atoms with Gasteiger partial charge in [-0.3, -0.25) is 9.59 Å². The van der Waals surface area contributed by atoms with E-state index in [-0.39, 0.29) is 23.8 Å².